The van der Waals surface area contributed by atoms with Gasteiger partial charge in [0.15, 0.2) is 0 Å². The van der Waals surface area contributed by atoms with Gasteiger partial charge in [0.05, 0.1) is 13.2 Å². The van der Waals surface area contributed by atoms with Gasteiger partial charge in [0, 0.05) is 21.5 Å². The van der Waals surface area contributed by atoms with Crippen LogP contribution < -0.4 is 10.6 Å². The predicted octanol–water partition coefficient (Wildman–Crippen LogP) is 2.61. The number of fused-ring (bicyclic) bond motifs is 1. The van der Waals surface area contributed by atoms with E-state index in [-0.39, 0.29) is 23.9 Å². The highest BCUT2D eigenvalue weighted by Gasteiger charge is 2.42. The van der Waals surface area contributed by atoms with Gasteiger partial charge in [0.1, 0.15) is 5.82 Å². The summed E-state index contributed by atoms with van der Waals surface area (Å²) in [6, 6.07) is 6.33. The van der Waals surface area contributed by atoms with E-state index in [0.717, 1.165) is 27.8 Å². The SMILES string of the molecule is O=C(NCc1cc2cc(F)ccc2s1)NCC1(CO)CC1. The van der Waals surface area contributed by atoms with E-state index in [0.29, 0.717) is 13.1 Å². The number of rotatable bonds is 5. The molecule has 0 unspecified atom stereocenters. The van der Waals surface area contributed by atoms with Gasteiger partial charge in [-0.05, 0) is 42.5 Å². The number of halogens is 1. The number of carbonyl (C=O) groups excluding carboxylic acids is 1. The number of urea groups is 1. The summed E-state index contributed by atoms with van der Waals surface area (Å²) in [5, 5.41) is 15.6. The minimum absolute atomic E-state index is 0.0908. The fourth-order valence-corrected chi connectivity index (χ4v) is 3.21. The number of carbonyl (C=O) groups is 1. The van der Waals surface area contributed by atoms with Crippen molar-refractivity contribution in [2.75, 3.05) is 13.2 Å². The molecule has 1 fully saturated rings. The van der Waals surface area contributed by atoms with Crippen LogP contribution in [0.1, 0.15) is 17.7 Å². The molecule has 1 heterocycles. The van der Waals surface area contributed by atoms with E-state index in [2.05, 4.69) is 10.6 Å². The third-order valence-electron chi connectivity index (χ3n) is 3.87. The van der Waals surface area contributed by atoms with Crippen molar-refractivity contribution >= 4 is 27.5 Å². The van der Waals surface area contributed by atoms with Crippen molar-refractivity contribution in [2.45, 2.75) is 19.4 Å². The Morgan fingerprint density at radius 3 is 2.86 bits per heavy atom. The van der Waals surface area contributed by atoms with Gasteiger partial charge >= 0.3 is 6.03 Å². The average Bonchev–Trinajstić information content (AvgIpc) is 3.15. The number of aliphatic hydroxyl groups excluding tert-OH is 1. The molecule has 112 valence electrons. The molecule has 2 aromatic rings. The molecule has 3 N–H and O–H groups in total. The molecule has 2 amide bonds. The molecule has 0 bridgehead atoms. The highest BCUT2D eigenvalue weighted by molar-refractivity contribution is 7.19. The lowest BCUT2D eigenvalue weighted by Gasteiger charge is -2.13. The van der Waals surface area contributed by atoms with E-state index in [4.69, 9.17) is 0 Å². The van der Waals surface area contributed by atoms with Crippen molar-refractivity contribution in [3.8, 4) is 0 Å². The molecule has 1 saturated carbocycles. The molecule has 0 atom stereocenters. The van der Waals surface area contributed by atoms with Crippen LogP contribution in [0.4, 0.5) is 9.18 Å². The molecule has 21 heavy (non-hydrogen) atoms. The van der Waals surface area contributed by atoms with Gasteiger partial charge < -0.3 is 15.7 Å². The standard InChI is InChI=1S/C15H17FN2O2S/c16-11-1-2-13-10(5-11)6-12(21-13)7-17-14(20)18-8-15(9-19)3-4-15/h1-2,5-6,19H,3-4,7-9H2,(H2,17,18,20). The number of nitrogens with one attached hydrogen (secondary N) is 2. The number of thiophene rings is 1. The molecule has 6 heteroatoms. The molecular weight excluding hydrogens is 291 g/mol. The van der Waals surface area contributed by atoms with E-state index in [1.807, 2.05) is 6.07 Å². The quantitative estimate of drug-likeness (QED) is 0.795. The van der Waals surface area contributed by atoms with Gasteiger partial charge in [-0.1, -0.05) is 0 Å². The number of benzene rings is 1. The highest BCUT2D eigenvalue weighted by atomic mass is 32.1. The first-order valence-corrected chi connectivity index (χ1v) is 7.72. The van der Waals surface area contributed by atoms with Crippen LogP contribution in [0.25, 0.3) is 10.1 Å². The fraction of sp³-hybridized carbons (Fsp3) is 0.400. The Morgan fingerprint density at radius 2 is 2.14 bits per heavy atom. The lowest BCUT2D eigenvalue weighted by molar-refractivity contribution is 0.203. The zero-order chi connectivity index (χ0) is 14.9. The molecule has 0 aliphatic heterocycles. The minimum Gasteiger partial charge on any atom is -0.396 e. The Hall–Kier alpha value is -1.66. The summed E-state index contributed by atoms with van der Waals surface area (Å²) in [6.07, 6.45) is 1.93. The van der Waals surface area contributed by atoms with Gasteiger partial charge in [0.25, 0.3) is 0 Å². The lowest BCUT2D eigenvalue weighted by atomic mass is 10.1. The molecule has 0 saturated heterocycles. The highest BCUT2D eigenvalue weighted by Crippen LogP contribution is 2.44. The number of amides is 2. The zero-order valence-corrected chi connectivity index (χ0v) is 12.3. The maximum Gasteiger partial charge on any atom is 0.315 e. The van der Waals surface area contributed by atoms with Crippen LogP contribution >= 0.6 is 11.3 Å². The van der Waals surface area contributed by atoms with Crippen LogP contribution in [-0.2, 0) is 6.54 Å². The molecule has 0 spiro atoms. The first-order valence-electron chi connectivity index (χ1n) is 6.91. The van der Waals surface area contributed by atoms with Crippen molar-refractivity contribution in [1.82, 2.24) is 10.6 Å². The Morgan fingerprint density at radius 1 is 1.33 bits per heavy atom. The third-order valence-corrected chi connectivity index (χ3v) is 4.99. The van der Waals surface area contributed by atoms with Crippen LogP contribution in [0.15, 0.2) is 24.3 Å². The molecule has 1 aliphatic rings. The Balaban J connectivity index is 1.52. The predicted molar refractivity (Wildman–Crippen MR) is 80.8 cm³/mol. The molecule has 1 aromatic heterocycles. The second-order valence-electron chi connectivity index (χ2n) is 5.59. The maximum absolute atomic E-state index is 13.1. The summed E-state index contributed by atoms with van der Waals surface area (Å²) in [5.41, 5.74) is -0.0908. The van der Waals surface area contributed by atoms with Crippen LogP contribution in [0, 0.1) is 11.2 Å². The molecule has 1 aromatic carbocycles. The topological polar surface area (TPSA) is 61.4 Å². The van der Waals surface area contributed by atoms with Crippen molar-refractivity contribution in [3.05, 3.63) is 35.0 Å². The molecule has 4 nitrogen and oxygen atoms in total. The average molecular weight is 308 g/mol. The Labute approximate surface area is 126 Å². The van der Waals surface area contributed by atoms with Gasteiger partial charge in [-0.3, -0.25) is 0 Å². The molecular formula is C15H17FN2O2S. The monoisotopic (exact) mass is 308 g/mol. The number of hydrogen-bond donors (Lipinski definition) is 3. The zero-order valence-electron chi connectivity index (χ0n) is 11.5. The Kier molecular flexibility index (Phi) is 3.82. The van der Waals surface area contributed by atoms with E-state index < -0.39 is 0 Å². The Bertz CT molecular complexity index is 667. The van der Waals surface area contributed by atoms with Crippen LogP contribution in [-0.4, -0.2) is 24.3 Å². The molecule has 3 rings (SSSR count). The van der Waals surface area contributed by atoms with Crippen LogP contribution in [0.5, 0.6) is 0 Å². The number of hydrogen-bond acceptors (Lipinski definition) is 3. The van der Waals surface area contributed by atoms with Gasteiger partial charge in [-0.2, -0.15) is 0 Å². The summed E-state index contributed by atoms with van der Waals surface area (Å²) in [4.78, 5) is 12.7. The van der Waals surface area contributed by atoms with Crippen molar-refractivity contribution in [2.24, 2.45) is 5.41 Å². The first-order chi connectivity index (χ1) is 10.1. The summed E-state index contributed by atoms with van der Waals surface area (Å²) in [5.74, 6) is -0.253. The largest absolute Gasteiger partial charge is 0.396 e. The minimum atomic E-state index is -0.253. The summed E-state index contributed by atoms with van der Waals surface area (Å²) in [7, 11) is 0. The van der Waals surface area contributed by atoms with Crippen LogP contribution in [0.2, 0.25) is 0 Å². The first kappa shape index (κ1) is 14.3. The van der Waals surface area contributed by atoms with Gasteiger partial charge in [-0.15, -0.1) is 11.3 Å². The van der Waals surface area contributed by atoms with E-state index >= 15 is 0 Å². The van der Waals surface area contributed by atoms with Gasteiger partial charge in [0.2, 0.25) is 0 Å². The molecule has 0 radical (unpaired) electrons. The van der Waals surface area contributed by atoms with Crippen LogP contribution in [0.3, 0.4) is 0 Å². The second kappa shape index (κ2) is 5.61. The smallest absolute Gasteiger partial charge is 0.315 e. The fourth-order valence-electron chi connectivity index (χ4n) is 2.22. The summed E-state index contributed by atoms with van der Waals surface area (Å²) in [6.45, 7) is 1.04. The number of aliphatic hydroxyl groups is 1. The second-order valence-corrected chi connectivity index (χ2v) is 6.76. The van der Waals surface area contributed by atoms with E-state index in [9.17, 15) is 14.3 Å². The summed E-state index contributed by atoms with van der Waals surface area (Å²) >= 11 is 1.54. The third kappa shape index (κ3) is 3.33. The van der Waals surface area contributed by atoms with Gasteiger partial charge in [-0.25, -0.2) is 9.18 Å². The van der Waals surface area contributed by atoms with Crippen molar-refractivity contribution < 1.29 is 14.3 Å². The normalized spacial score (nSPS) is 15.9. The molecule has 1 aliphatic carbocycles. The summed E-state index contributed by atoms with van der Waals surface area (Å²) < 4.78 is 14.1. The van der Waals surface area contributed by atoms with E-state index in [1.54, 1.807) is 6.07 Å². The maximum atomic E-state index is 13.1. The van der Waals surface area contributed by atoms with Crippen molar-refractivity contribution in [1.29, 1.82) is 0 Å². The lowest BCUT2D eigenvalue weighted by Crippen LogP contribution is -2.39. The van der Waals surface area contributed by atoms with Crippen molar-refractivity contribution in [3.63, 3.8) is 0 Å². The van der Waals surface area contributed by atoms with E-state index in [1.165, 1.54) is 23.5 Å².